The van der Waals surface area contributed by atoms with E-state index < -0.39 is 0 Å². The number of hydrogen-bond acceptors (Lipinski definition) is 4. The summed E-state index contributed by atoms with van der Waals surface area (Å²) in [6, 6.07) is 8.79. The minimum absolute atomic E-state index is 0.168. The maximum atomic E-state index is 5.65. The first-order chi connectivity index (χ1) is 9.24. The summed E-state index contributed by atoms with van der Waals surface area (Å²) in [5.74, 6) is 0. The van der Waals surface area contributed by atoms with Crippen LogP contribution in [0.2, 0.25) is 0 Å². The molecule has 4 rings (SSSR count). The van der Waals surface area contributed by atoms with Crippen LogP contribution in [-0.4, -0.2) is 28.4 Å². The molecular weight excluding hydrogens is 240 g/mol. The van der Waals surface area contributed by atoms with Crippen LogP contribution in [0.3, 0.4) is 0 Å². The van der Waals surface area contributed by atoms with Gasteiger partial charge >= 0.3 is 0 Å². The van der Waals surface area contributed by atoms with Crippen LogP contribution in [0, 0.1) is 0 Å². The molecular formula is C14H14N4O. The van der Waals surface area contributed by atoms with Crippen molar-refractivity contribution >= 4 is 6.02 Å². The Morgan fingerprint density at radius 3 is 2.84 bits per heavy atom. The average molecular weight is 254 g/mol. The molecule has 1 atom stereocenters. The number of nitrogens with zero attached hydrogens (tertiary/aromatic N) is 2. The molecule has 5 nitrogen and oxygen atoms in total. The molecule has 0 saturated heterocycles. The van der Waals surface area contributed by atoms with Gasteiger partial charge in [0, 0.05) is 19.0 Å². The molecule has 0 saturated carbocycles. The molecule has 1 aromatic carbocycles. The number of amidine groups is 1. The number of rotatable bonds is 1. The van der Waals surface area contributed by atoms with Crippen LogP contribution in [0.15, 0.2) is 35.5 Å². The van der Waals surface area contributed by atoms with Crippen molar-refractivity contribution in [3.05, 3.63) is 41.6 Å². The van der Waals surface area contributed by atoms with Gasteiger partial charge in [0.1, 0.15) is 12.1 Å². The number of benzene rings is 1. The smallest absolute Gasteiger partial charge is 0.282 e. The van der Waals surface area contributed by atoms with Gasteiger partial charge in [-0.05, 0) is 28.8 Å². The van der Waals surface area contributed by atoms with Crippen LogP contribution in [0.25, 0.3) is 11.3 Å². The lowest BCUT2D eigenvalue weighted by molar-refractivity contribution is 0.258. The topological polar surface area (TPSA) is 76.3 Å². The number of aromatic nitrogens is 2. The van der Waals surface area contributed by atoms with E-state index in [2.05, 4.69) is 33.4 Å². The highest BCUT2D eigenvalue weighted by Gasteiger charge is 2.41. The van der Waals surface area contributed by atoms with Crippen LogP contribution < -0.4 is 5.73 Å². The Morgan fingerprint density at radius 2 is 2.11 bits per heavy atom. The summed E-state index contributed by atoms with van der Waals surface area (Å²) in [6.45, 7) is 0.590. The van der Waals surface area contributed by atoms with Gasteiger partial charge in [-0.15, -0.1) is 0 Å². The summed E-state index contributed by atoms with van der Waals surface area (Å²) >= 11 is 0. The third-order valence-corrected chi connectivity index (χ3v) is 3.89. The largest absolute Gasteiger partial charge is 0.463 e. The summed E-state index contributed by atoms with van der Waals surface area (Å²) < 4.78 is 5.34. The third kappa shape index (κ3) is 1.62. The maximum Gasteiger partial charge on any atom is 0.282 e. The second-order valence-corrected chi connectivity index (χ2v) is 5.27. The fraction of sp³-hybridized carbons (Fsp3) is 0.286. The highest BCUT2D eigenvalue weighted by Crippen LogP contribution is 2.37. The lowest BCUT2D eigenvalue weighted by Crippen LogP contribution is -2.28. The fourth-order valence-electron chi connectivity index (χ4n) is 3.01. The Balaban J connectivity index is 1.71. The number of nitrogens with one attached hydrogen (secondary N) is 1. The van der Waals surface area contributed by atoms with E-state index in [0.29, 0.717) is 12.6 Å². The Hall–Kier alpha value is -2.30. The van der Waals surface area contributed by atoms with Crippen LogP contribution >= 0.6 is 0 Å². The SMILES string of the molecule is NC1=NC2(CO1)Cc1ccc(-c3ccn[nH]3)cc1C2. The molecule has 96 valence electrons. The van der Waals surface area contributed by atoms with Gasteiger partial charge in [0.2, 0.25) is 0 Å². The Labute approximate surface area is 110 Å². The second kappa shape index (κ2) is 3.60. The molecule has 3 N–H and O–H groups in total. The minimum Gasteiger partial charge on any atom is -0.463 e. The lowest BCUT2D eigenvalue weighted by atomic mass is 9.99. The maximum absolute atomic E-state index is 5.65. The van der Waals surface area contributed by atoms with E-state index in [4.69, 9.17) is 10.5 Å². The van der Waals surface area contributed by atoms with E-state index in [1.165, 1.54) is 11.1 Å². The highest BCUT2D eigenvalue weighted by molar-refractivity contribution is 5.74. The molecule has 0 bridgehead atoms. The summed E-state index contributed by atoms with van der Waals surface area (Å²) in [5.41, 5.74) is 10.3. The molecule has 19 heavy (non-hydrogen) atoms. The zero-order valence-electron chi connectivity index (χ0n) is 10.4. The molecule has 0 radical (unpaired) electrons. The van der Waals surface area contributed by atoms with Gasteiger partial charge in [-0.25, -0.2) is 4.99 Å². The van der Waals surface area contributed by atoms with Crippen molar-refractivity contribution in [1.82, 2.24) is 10.2 Å². The zero-order chi connectivity index (χ0) is 12.9. The van der Waals surface area contributed by atoms with Gasteiger partial charge in [-0.3, -0.25) is 5.10 Å². The lowest BCUT2D eigenvalue weighted by Gasteiger charge is -2.15. The molecule has 5 heteroatoms. The first kappa shape index (κ1) is 10.6. The first-order valence-electron chi connectivity index (χ1n) is 6.34. The van der Waals surface area contributed by atoms with E-state index in [0.717, 1.165) is 24.1 Å². The van der Waals surface area contributed by atoms with Crippen molar-refractivity contribution in [2.75, 3.05) is 6.61 Å². The van der Waals surface area contributed by atoms with Crippen molar-refractivity contribution < 1.29 is 4.74 Å². The van der Waals surface area contributed by atoms with E-state index in [1.54, 1.807) is 6.20 Å². The van der Waals surface area contributed by atoms with Gasteiger partial charge in [-0.1, -0.05) is 12.1 Å². The van der Waals surface area contributed by atoms with Crippen LogP contribution in [0.5, 0.6) is 0 Å². The van der Waals surface area contributed by atoms with E-state index >= 15 is 0 Å². The van der Waals surface area contributed by atoms with E-state index in [-0.39, 0.29) is 5.54 Å². The number of hydrogen-bond donors (Lipinski definition) is 2. The van der Waals surface area contributed by atoms with Crippen molar-refractivity contribution in [3.8, 4) is 11.3 Å². The fourth-order valence-corrected chi connectivity index (χ4v) is 3.01. The van der Waals surface area contributed by atoms with E-state index in [1.807, 2.05) is 6.07 Å². The molecule has 1 spiro atoms. The van der Waals surface area contributed by atoms with Crippen molar-refractivity contribution in [2.45, 2.75) is 18.4 Å². The van der Waals surface area contributed by atoms with Gasteiger partial charge in [0.05, 0.1) is 5.69 Å². The molecule has 2 aromatic rings. The molecule has 2 aliphatic rings. The monoisotopic (exact) mass is 254 g/mol. The molecule has 0 fully saturated rings. The number of ether oxygens (including phenoxy) is 1. The average Bonchev–Trinajstić information content (AvgIpc) is 3.09. The van der Waals surface area contributed by atoms with Crippen molar-refractivity contribution in [3.63, 3.8) is 0 Å². The van der Waals surface area contributed by atoms with Crippen LogP contribution in [0.1, 0.15) is 11.1 Å². The molecule has 1 aliphatic carbocycles. The number of aromatic amines is 1. The van der Waals surface area contributed by atoms with Crippen LogP contribution in [-0.2, 0) is 17.6 Å². The summed E-state index contributed by atoms with van der Waals surface area (Å²) in [5, 5.41) is 6.98. The molecule has 0 amide bonds. The van der Waals surface area contributed by atoms with Crippen molar-refractivity contribution in [2.24, 2.45) is 10.7 Å². The number of fused-ring (bicyclic) bond motifs is 1. The normalized spacial score (nSPS) is 24.3. The van der Waals surface area contributed by atoms with Gasteiger partial charge in [0.25, 0.3) is 6.02 Å². The number of H-pyrrole nitrogens is 1. The quantitative estimate of drug-likeness (QED) is 0.804. The van der Waals surface area contributed by atoms with Gasteiger partial charge < -0.3 is 10.5 Å². The van der Waals surface area contributed by atoms with E-state index in [9.17, 15) is 0 Å². The predicted octanol–water partition coefficient (Wildman–Crippen LogP) is 1.26. The predicted molar refractivity (Wildman–Crippen MR) is 71.7 cm³/mol. The number of aliphatic imine (C=N–C) groups is 1. The molecule has 1 aromatic heterocycles. The Morgan fingerprint density at radius 1 is 1.21 bits per heavy atom. The molecule has 1 aliphatic heterocycles. The number of nitrogens with two attached hydrogens (primary N) is 1. The Kier molecular flexibility index (Phi) is 2.01. The first-order valence-corrected chi connectivity index (χ1v) is 6.34. The minimum atomic E-state index is -0.168. The van der Waals surface area contributed by atoms with Crippen molar-refractivity contribution in [1.29, 1.82) is 0 Å². The Bertz CT molecular complexity index is 662. The standard InChI is InChI=1S/C14H14N4O/c15-13-17-14(8-19-13)6-10-2-1-9(5-11(10)7-14)12-3-4-16-18-12/h1-5H,6-8H2,(H2,15,17)(H,16,18). The summed E-state index contributed by atoms with van der Waals surface area (Å²) in [4.78, 5) is 4.48. The van der Waals surface area contributed by atoms with Crippen LogP contribution in [0.4, 0.5) is 0 Å². The summed E-state index contributed by atoms with van der Waals surface area (Å²) in [6.07, 6.45) is 3.57. The molecule has 2 heterocycles. The zero-order valence-corrected chi connectivity index (χ0v) is 10.4. The molecule has 1 unspecified atom stereocenters. The van der Waals surface area contributed by atoms with Gasteiger partial charge in [0.15, 0.2) is 0 Å². The second-order valence-electron chi connectivity index (χ2n) is 5.27. The van der Waals surface area contributed by atoms with Gasteiger partial charge in [-0.2, -0.15) is 5.10 Å². The third-order valence-electron chi connectivity index (χ3n) is 3.89. The summed E-state index contributed by atoms with van der Waals surface area (Å²) in [7, 11) is 0. The highest BCUT2D eigenvalue weighted by atomic mass is 16.5.